The monoisotopic (exact) mass is 608 g/mol. The summed E-state index contributed by atoms with van der Waals surface area (Å²) in [5, 5.41) is 11.4. The number of carbonyl (C=O) groups is 3. The van der Waals surface area contributed by atoms with Gasteiger partial charge in [-0.15, -0.1) is 0 Å². The standard InChI is InChI=1S/C32H33FN2O7S/c1-6-15-42-31(39)29-19(5)34-32(43-29)35-26(21-10-13-23(24(17-21)40-7-2)41-16-14-18(3)4)25(28(37)30(35)38)27(36)20-8-11-22(33)12-9-20/h6,8-13,17-18,26,36H,1,7,14-16H2,2-5H3/b27-25+. The number of hydrogen-bond donors (Lipinski definition) is 1. The zero-order valence-corrected chi connectivity index (χ0v) is 25.2. The number of carbonyl (C=O) groups excluding carboxylic acids is 3. The number of aromatic nitrogens is 1. The van der Waals surface area contributed by atoms with E-state index in [1.807, 2.05) is 6.92 Å². The Morgan fingerprint density at radius 2 is 1.88 bits per heavy atom. The van der Waals surface area contributed by atoms with Crippen LogP contribution in [0, 0.1) is 18.7 Å². The quantitative estimate of drug-likeness (QED) is 0.0828. The first-order valence-corrected chi connectivity index (χ1v) is 14.6. The van der Waals surface area contributed by atoms with Crippen LogP contribution >= 0.6 is 11.3 Å². The predicted octanol–water partition coefficient (Wildman–Crippen LogP) is 6.38. The number of ketones is 1. The molecule has 1 N–H and O–H groups in total. The molecule has 43 heavy (non-hydrogen) atoms. The van der Waals surface area contributed by atoms with Crippen LogP contribution in [0.4, 0.5) is 9.52 Å². The first-order chi connectivity index (χ1) is 20.6. The van der Waals surface area contributed by atoms with Crippen molar-refractivity contribution in [1.82, 2.24) is 4.98 Å². The van der Waals surface area contributed by atoms with E-state index in [9.17, 15) is 23.9 Å². The number of aryl methyl sites for hydroxylation is 1. The molecule has 2 aromatic carbocycles. The Kier molecular flexibility index (Phi) is 9.97. The minimum atomic E-state index is -1.16. The summed E-state index contributed by atoms with van der Waals surface area (Å²) >= 11 is 0.886. The molecular formula is C32H33FN2O7S. The van der Waals surface area contributed by atoms with Gasteiger partial charge < -0.3 is 19.3 Å². The molecule has 0 saturated carbocycles. The number of ether oxygens (including phenoxy) is 3. The Hall–Kier alpha value is -4.51. The van der Waals surface area contributed by atoms with Crippen molar-refractivity contribution < 1.29 is 38.1 Å². The predicted molar refractivity (Wildman–Crippen MR) is 161 cm³/mol. The molecule has 226 valence electrons. The first-order valence-electron chi connectivity index (χ1n) is 13.8. The second kappa shape index (κ2) is 13.6. The highest BCUT2D eigenvalue weighted by Crippen LogP contribution is 2.45. The van der Waals surface area contributed by atoms with Crippen LogP contribution in [0.2, 0.25) is 0 Å². The molecule has 0 bridgehead atoms. The van der Waals surface area contributed by atoms with E-state index < -0.39 is 35.3 Å². The second-order valence-corrected chi connectivity index (χ2v) is 11.1. The van der Waals surface area contributed by atoms with Crippen molar-refractivity contribution in [2.24, 2.45) is 5.92 Å². The van der Waals surface area contributed by atoms with Gasteiger partial charge in [0.05, 0.1) is 30.5 Å². The number of nitrogens with zero attached hydrogens (tertiary/aromatic N) is 2. The maximum atomic E-state index is 13.7. The Morgan fingerprint density at radius 1 is 1.16 bits per heavy atom. The molecule has 1 amide bonds. The first kappa shape index (κ1) is 31.4. The van der Waals surface area contributed by atoms with Gasteiger partial charge in [-0.1, -0.05) is 43.9 Å². The molecule has 1 atom stereocenters. The van der Waals surface area contributed by atoms with Crippen LogP contribution in [-0.4, -0.2) is 47.6 Å². The fourth-order valence-electron chi connectivity index (χ4n) is 4.47. The Bertz CT molecular complexity index is 1560. The minimum absolute atomic E-state index is 0.0144. The summed E-state index contributed by atoms with van der Waals surface area (Å²) in [6.45, 7) is 11.9. The van der Waals surface area contributed by atoms with Crippen LogP contribution in [0.25, 0.3) is 5.76 Å². The van der Waals surface area contributed by atoms with Gasteiger partial charge in [-0.3, -0.25) is 14.5 Å². The number of aliphatic hydroxyl groups excluding tert-OH is 1. The van der Waals surface area contributed by atoms with Crippen molar-refractivity contribution in [2.45, 2.75) is 40.2 Å². The fraction of sp³-hybridized carbons (Fsp3) is 0.312. The number of anilines is 1. The molecule has 0 radical (unpaired) electrons. The van der Waals surface area contributed by atoms with E-state index in [1.165, 1.54) is 18.2 Å². The third kappa shape index (κ3) is 6.77. The minimum Gasteiger partial charge on any atom is -0.507 e. The van der Waals surface area contributed by atoms with E-state index in [0.29, 0.717) is 41.9 Å². The highest BCUT2D eigenvalue weighted by Gasteiger charge is 2.48. The van der Waals surface area contributed by atoms with Crippen LogP contribution < -0.4 is 14.4 Å². The number of benzene rings is 2. The van der Waals surface area contributed by atoms with E-state index in [-0.39, 0.29) is 27.8 Å². The maximum absolute atomic E-state index is 13.7. The smallest absolute Gasteiger partial charge is 0.350 e. The lowest BCUT2D eigenvalue weighted by molar-refractivity contribution is -0.132. The Morgan fingerprint density at radius 3 is 2.53 bits per heavy atom. The van der Waals surface area contributed by atoms with E-state index >= 15 is 0 Å². The lowest BCUT2D eigenvalue weighted by atomic mass is 9.95. The summed E-state index contributed by atoms with van der Waals surface area (Å²) < 4.78 is 30.6. The molecule has 1 aliphatic rings. The molecule has 0 spiro atoms. The van der Waals surface area contributed by atoms with Crippen LogP contribution in [0.15, 0.2) is 60.7 Å². The van der Waals surface area contributed by atoms with Crippen molar-refractivity contribution in [2.75, 3.05) is 24.7 Å². The number of halogens is 1. The molecule has 1 aliphatic heterocycles. The number of thiazole rings is 1. The largest absolute Gasteiger partial charge is 0.507 e. The summed E-state index contributed by atoms with van der Waals surface area (Å²) in [6, 6.07) is 8.76. The number of Topliss-reactive ketones (excluding diaryl/α,β-unsaturated/α-hetero) is 1. The van der Waals surface area contributed by atoms with Crippen LogP contribution in [-0.2, 0) is 14.3 Å². The molecule has 9 nitrogen and oxygen atoms in total. The van der Waals surface area contributed by atoms with E-state index in [0.717, 1.165) is 34.8 Å². The van der Waals surface area contributed by atoms with Crippen molar-refractivity contribution in [1.29, 1.82) is 0 Å². The summed E-state index contributed by atoms with van der Waals surface area (Å²) in [5.41, 5.74) is 0.645. The van der Waals surface area contributed by atoms with Gasteiger partial charge in [0.15, 0.2) is 16.6 Å². The molecule has 2 heterocycles. The fourth-order valence-corrected chi connectivity index (χ4v) is 5.46. The van der Waals surface area contributed by atoms with Crippen molar-refractivity contribution in [3.63, 3.8) is 0 Å². The molecule has 0 aliphatic carbocycles. The van der Waals surface area contributed by atoms with Gasteiger partial charge in [-0.25, -0.2) is 14.2 Å². The lowest BCUT2D eigenvalue weighted by Gasteiger charge is -2.24. The van der Waals surface area contributed by atoms with Gasteiger partial charge in [0, 0.05) is 5.56 Å². The zero-order valence-electron chi connectivity index (χ0n) is 24.4. The number of aliphatic hydroxyl groups is 1. The maximum Gasteiger partial charge on any atom is 0.350 e. The van der Waals surface area contributed by atoms with E-state index in [1.54, 1.807) is 25.1 Å². The second-order valence-electron chi connectivity index (χ2n) is 10.1. The zero-order chi connectivity index (χ0) is 31.3. The van der Waals surface area contributed by atoms with Gasteiger partial charge in [0.2, 0.25) is 0 Å². The average molecular weight is 609 g/mol. The van der Waals surface area contributed by atoms with Crippen molar-refractivity contribution in [3.05, 3.63) is 88.2 Å². The average Bonchev–Trinajstić information content (AvgIpc) is 3.48. The lowest BCUT2D eigenvalue weighted by Crippen LogP contribution is -2.29. The van der Waals surface area contributed by atoms with Crippen LogP contribution in [0.1, 0.15) is 59.7 Å². The van der Waals surface area contributed by atoms with Gasteiger partial charge in [-0.05, 0) is 68.1 Å². The highest BCUT2D eigenvalue weighted by molar-refractivity contribution is 7.17. The van der Waals surface area contributed by atoms with Crippen molar-refractivity contribution >= 4 is 39.9 Å². The van der Waals surface area contributed by atoms with Gasteiger partial charge in [0.25, 0.3) is 5.78 Å². The van der Waals surface area contributed by atoms with Crippen LogP contribution in [0.5, 0.6) is 11.5 Å². The molecule has 1 unspecified atom stereocenters. The topological polar surface area (TPSA) is 115 Å². The summed E-state index contributed by atoms with van der Waals surface area (Å²) in [5.74, 6) is -2.28. The van der Waals surface area contributed by atoms with Gasteiger partial charge in [-0.2, -0.15) is 0 Å². The Balaban J connectivity index is 1.87. The Labute approximate surface area is 253 Å². The third-order valence-electron chi connectivity index (χ3n) is 6.61. The van der Waals surface area contributed by atoms with Gasteiger partial charge in [0.1, 0.15) is 23.1 Å². The number of hydrogen-bond acceptors (Lipinski definition) is 9. The molecule has 3 aromatic rings. The van der Waals surface area contributed by atoms with E-state index in [2.05, 4.69) is 25.4 Å². The third-order valence-corrected chi connectivity index (χ3v) is 7.74. The normalized spacial score (nSPS) is 16.0. The molecule has 4 rings (SSSR count). The summed E-state index contributed by atoms with van der Waals surface area (Å²) in [6.07, 6.45) is 2.25. The number of amides is 1. The van der Waals surface area contributed by atoms with Crippen LogP contribution in [0.3, 0.4) is 0 Å². The number of rotatable bonds is 12. The van der Waals surface area contributed by atoms with Gasteiger partial charge >= 0.3 is 11.9 Å². The van der Waals surface area contributed by atoms with Crippen molar-refractivity contribution in [3.8, 4) is 11.5 Å². The molecule has 11 heteroatoms. The number of esters is 1. The molecule has 1 saturated heterocycles. The molecule has 1 fully saturated rings. The van der Waals surface area contributed by atoms with E-state index in [4.69, 9.17) is 14.2 Å². The summed E-state index contributed by atoms with van der Waals surface area (Å²) in [4.78, 5) is 45.5. The molecule has 1 aromatic heterocycles. The highest BCUT2D eigenvalue weighted by atomic mass is 32.1. The SMILES string of the molecule is C=CCOC(=O)c1sc(N2C(=O)C(=O)/C(=C(/O)c3ccc(F)cc3)C2c2ccc(OCCC(C)C)c(OCC)c2)nc1C. The summed E-state index contributed by atoms with van der Waals surface area (Å²) in [7, 11) is 0. The molecular weight excluding hydrogens is 575 g/mol.